The minimum absolute atomic E-state index is 0.00562. The minimum atomic E-state index is -1.42. The average Bonchev–Trinajstić information content (AvgIpc) is 3.31. The van der Waals surface area contributed by atoms with E-state index in [1.54, 1.807) is 0 Å². The topological polar surface area (TPSA) is 601 Å². The van der Waals surface area contributed by atoms with Crippen LogP contribution in [-0.2, 0) is 33.6 Å². The maximum Gasteiger partial charge on any atom is 0.243 e. The number of carbonyl (C=O) groups excluding carboxylic acids is 7. The highest BCUT2D eigenvalue weighted by Gasteiger charge is 2.33. The van der Waals surface area contributed by atoms with Crippen LogP contribution in [0, 0.1) is 32.5 Å². The molecule has 73 heavy (non-hydrogen) atoms. The van der Waals surface area contributed by atoms with Crippen LogP contribution in [0.4, 0.5) is 0 Å². The number of amides is 7. The summed E-state index contributed by atoms with van der Waals surface area (Å²) in [5, 5.41) is 78.6. The Morgan fingerprint density at radius 3 is 0.767 bits per heavy atom. The van der Waals surface area contributed by atoms with Crippen LogP contribution < -0.4 is 109 Å². The maximum atomic E-state index is 14.3. The lowest BCUT2D eigenvalue weighted by Crippen LogP contribution is -2.60. The first kappa shape index (κ1) is 64.9. The molecule has 7 atom stereocenters. The molecule has 0 heterocycles. The molecule has 0 aromatic rings. The van der Waals surface area contributed by atoms with E-state index < -0.39 is 83.6 Å². The second kappa shape index (κ2) is 36.8. The molecule has 0 aliphatic heterocycles. The zero-order valence-corrected chi connectivity index (χ0v) is 41.7. The minimum Gasteiger partial charge on any atom is -0.370 e. The number of carbonyl (C=O) groups is 7. The Labute approximate surface area is 424 Å². The fourth-order valence-corrected chi connectivity index (χ4v) is 6.63. The van der Waals surface area contributed by atoms with Gasteiger partial charge in [-0.1, -0.05) is 0 Å². The van der Waals surface area contributed by atoms with Crippen LogP contribution >= 0.6 is 0 Å². The van der Waals surface area contributed by atoms with Gasteiger partial charge in [-0.3, -0.25) is 66.0 Å². The van der Waals surface area contributed by atoms with Crippen molar-refractivity contribution in [1.29, 1.82) is 32.5 Å². The Hall–Kier alpha value is -8.13. The second-order valence-electron chi connectivity index (χ2n) is 16.7. The van der Waals surface area contributed by atoms with Gasteiger partial charge in [0.2, 0.25) is 41.4 Å². The molecular formula is C40H82N26O7. The molecule has 0 aromatic heterocycles. The summed E-state index contributed by atoms with van der Waals surface area (Å²) in [7, 11) is 1.38. The van der Waals surface area contributed by atoms with E-state index in [0.717, 1.165) is 0 Å². The molecule has 0 saturated carbocycles. The van der Waals surface area contributed by atoms with Crippen molar-refractivity contribution in [3.8, 4) is 0 Å². The molecular weight excluding hydrogens is 957 g/mol. The van der Waals surface area contributed by atoms with Gasteiger partial charge in [0.1, 0.15) is 36.3 Å². The van der Waals surface area contributed by atoms with Crippen molar-refractivity contribution in [2.24, 2.45) is 40.1 Å². The lowest BCUT2D eigenvalue weighted by atomic mass is 10.0. The highest BCUT2D eigenvalue weighted by atomic mass is 16.2. The van der Waals surface area contributed by atoms with Gasteiger partial charge in [0.25, 0.3) is 0 Å². The molecule has 7 amide bonds. The summed E-state index contributed by atoms with van der Waals surface area (Å²) in [6.45, 7) is 2.24. The smallest absolute Gasteiger partial charge is 0.243 e. The standard InChI is InChI=1S/C40H82N26O7/c1-21(28(67)54-2)61-30(69)23(10-4-16-56-36(44)45)63-32(71)25(12-6-18-58-38(48)49)65-34(73)27(14-8-20-60-40(52)53)66-33(72)26(13-7-19-59-39(50)51)64-31(70)24(11-5-17-57-37(46)47)62-29(68)22(41)9-3-15-55-35(42)43/h21-27H,3-20,41H2,1-2H3,(H,54,67)(H,61,69)(H,62,68)(H,63,71)(H,64,70)(H,65,73)(H,66,72)(H4,42,43,55)(H4,44,45,56)(H4,46,47,57)(H4,48,49,58)(H4,50,51,59)(H4,52,53,60)/t21-,22-,23-,24-,25-,26-,27-/m0/s1. The first-order valence-electron chi connectivity index (χ1n) is 23.6. The predicted octanol–water partition coefficient (Wildman–Crippen LogP) is -8.43. The van der Waals surface area contributed by atoms with E-state index >= 15 is 0 Å². The molecule has 0 aromatic carbocycles. The molecule has 33 N–H and O–H groups in total. The molecule has 0 fully saturated rings. The van der Waals surface area contributed by atoms with Crippen molar-refractivity contribution in [2.75, 3.05) is 46.3 Å². The predicted molar refractivity (Wildman–Crippen MR) is 274 cm³/mol. The van der Waals surface area contributed by atoms with Gasteiger partial charge >= 0.3 is 0 Å². The Balaban J connectivity index is 6.96. The normalized spacial score (nSPS) is 13.4. The van der Waals surface area contributed by atoms with Crippen LogP contribution in [0.2, 0.25) is 0 Å². The molecule has 33 heteroatoms. The zero-order valence-electron chi connectivity index (χ0n) is 41.7. The Morgan fingerprint density at radius 2 is 0.548 bits per heavy atom. The van der Waals surface area contributed by atoms with E-state index in [9.17, 15) is 33.6 Å². The van der Waals surface area contributed by atoms with Gasteiger partial charge < -0.3 is 109 Å². The number of hydrogen-bond acceptors (Lipinski definition) is 14. The van der Waals surface area contributed by atoms with Crippen LogP contribution in [0.5, 0.6) is 0 Å². The number of guanidine groups is 6. The lowest BCUT2D eigenvalue weighted by Gasteiger charge is -2.28. The number of likely N-dealkylation sites (N-methyl/N-ethyl adjacent to an activating group) is 1. The maximum absolute atomic E-state index is 14.3. The molecule has 0 unspecified atom stereocenters. The molecule has 0 aliphatic rings. The molecule has 0 spiro atoms. The highest BCUT2D eigenvalue weighted by molar-refractivity contribution is 5.97. The van der Waals surface area contributed by atoms with Crippen molar-refractivity contribution >= 4 is 77.1 Å². The monoisotopic (exact) mass is 1040 g/mol. The van der Waals surface area contributed by atoms with Crippen molar-refractivity contribution in [3.05, 3.63) is 0 Å². The van der Waals surface area contributed by atoms with Gasteiger partial charge in [-0.2, -0.15) is 0 Å². The van der Waals surface area contributed by atoms with Gasteiger partial charge in [-0.25, -0.2) is 0 Å². The van der Waals surface area contributed by atoms with E-state index in [1.807, 2.05) is 0 Å². The third-order valence-corrected chi connectivity index (χ3v) is 10.4. The van der Waals surface area contributed by atoms with Crippen LogP contribution in [-0.4, -0.2) is 166 Å². The third-order valence-electron chi connectivity index (χ3n) is 10.4. The Bertz CT molecular complexity index is 1870. The highest BCUT2D eigenvalue weighted by Crippen LogP contribution is 2.09. The summed E-state index contributed by atoms with van der Waals surface area (Å²) in [5.41, 5.74) is 38.6. The summed E-state index contributed by atoms with van der Waals surface area (Å²) in [6, 6.07) is -8.82. The second-order valence-corrected chi connectivity index (χ2v) is 16.7. The van der Waals surface area contributed by atoms with Crippen molar-refractivity contribution in [3.63, 3.8) is 0 Å². The van der Waals surface area contributed by atoms with Crippen molar-refractivity contribution in [2.45, 2.75) is 126 Å². The molecule has 0 rings (SSSR count). The number of hydrogen-bond donors (Lipinski definition) is 26. The lowest BCUT2D eigenvalue weighted by molar-refractivity contribution is -0.135. The summed E-state index contributed by atoms with van der Waals surface area (Å²) in [5.74, 6) is -7.36. The van der Waals surface area contributed by atoms with Gasteiger partial charge in [0, 0.05) is 46.3 Å². The van der Waals surface area contributed by atoms with E-state index in [4.69, 9.17) is 72.6 Å². The first-order chi connectivity index (χ1) is 34.4. The Morgan fingerprint density at radius 1 is 0.342 bits per heavy atom. The van der Waals surface area contributed by atoms with E-state index in [0.29, 0.717) is 6.42 Å². The van der Waals surface area contributed by atoms with Crippen LogP contribution in [0.25, 0.3) is 0 Å². The number of nitrogens with one attached hydrogen (secondary N) is 19. The summed E-state index contributed by atoms with van der Waals surface area (Å²) in [4.78, 5) is 95.8. The molecule has 0 saturated heterocycles. The first-order valence-corrected chi connectivity index (χ1v) is 23.6. The number of nitrogens with two attached hydrogens (primary N) is 7. The fourth-order valence-electron chi connectivity index (χ4n) is 6.63. The van der Waals surface area contributed by atoms with Gasteiger partial charge in [0.15, 0.2) is 35.8 Å². The fraction of sp³-hybridized carbons (Fsp3) is 0.675. The van der Waals surface area contributed by atoms with E-state index in [-0.39, 0.29) is 146 Å². The molecule has 0 radical (unpaired) electrons. The van der Waals surface area contributed by atoms with Gasteiger partial charge in [0.05, 0.1) is 6.04 Å². The molecule has 0 bridgehead atoms. The van der Waals surface area contributed by atoms with Gasteiger partial charge in [-0.15, -0.1) is 0 Å². The van der Waals surface area contributed by atoms with E-state index in [1.165, 1.54) is 14.0 Å². The quantitative estimate of drug-likeness (QED) is 0.0156. The summed E-state index contributed by atoms with van der Waals surface area (Å²) in [6.07, 6.45) is 1.05. The van der Waals surface area contributed by atoms with E-state index in [2.05, 4.69) is 69.1 Å². The van der Waals surface area contributed by atoms with Crippen molar-refractivity contribution < 1.29 is 33.6 Å². The summed E-state index contributed by atoms with van der Waals surface area (Å²) >= 11 is 0. The summed E-state index contributed by atoms with van der Waals surface area (Å²) < 4.78 is 0. The average molecular weight is 1040 g/mol. The molecule has 414 valence electrons. The largest absolute Gasteiger partial charge is 0.370 e. The van der Waals surface area contributed by atoms with Crippen LogP contribution in [0.1, 0.15) is 84.0 Å². The SMILES string of the molecule is CNC(=O)[C@H](C)NC(=O)[C@H](CCCNC(=N)N)NC(=O)[C@H](CCCNC(=N)N)NC(=O)[C@H](CCCNC(=N)N)NC(=O)[C@H](CCCNC(=N)N)NC(=O)[C@H](CCCNC(=N)N)NC(=O)[C@@H](N)CCCNC(=N)N. The Kier molecular flexibility index (Phi) is 32.7. The van der Waals surface area contributed by atoms with Gasteiger partial charge in [-0.05, 0) is 84.0 Å². The third kappa shape index (κ3) is 31.7. The zero-order chi connectivity index (χ0) is 55.5. The van der Waals surface area contributed by atoms with Crippen LogP contribution in [0.15, 0.2) is 0 Å². The van der Waals surface area contributed by atoms with Crippen molar-refractivity contribution in [1.82, 2.24) is 69.1 Å². The molecule has 33 nitrogen and oxygen atoms in total. The van der Waals surface area contributed by atoms with Crippen LogP contribution in [0.3, 0.4) is 0 Å². The molecule has 0 aliphatic carbocycles. The number of rotatable bonds is 37.